The van der Waals surface area contributed by atoms with Crippen LogP contribution in [-0.4, -0.2) is 95.5 Å². The number of allylic oxidation sites excluding steroid dienone is 1. The molecule has 3 N–H and O–H groups in total. The van der Waals surface area contributed by atoms with Crippen molar-refractivity contribution in [3.8, 4) is 11.5 Å². The van der Waals surface area contributed by atoms with Gasteiger partial charge in [0.25, 0.3) is 5.91 Å². The quantitative estimate of drug-likeness (QED) is 0.183. The summed E-state index contributed by atoms with van der Waals surface area (Å²) in [4.78, 5) is 62.0. The Kier molecular flexibility index (Phi) is 12.6. The molecule has 0 spiro atoms. The Hall–Kier alpha value is -4.03. The van der Waals surface area contributed by atoms with E-state index in [2.05, 4.69) is 20.3 Å². The number of sulfonamides is 1. The molecule has 1 aromatic heterocycles. The zero-order chi connectivity index (χ0) is 44.2. The van der Waals surface area contributed by atoms with E-state index in [1.165, 1.54) is 6.92 Å². The van der Waals surface area contributed by atoms with Crippen LogP contribution in [0.25, 0.3) is 10.9 Å². The summed E-state index contributed by atoms with van der Waals surface area (Å²) in [5.41, 5.74) is -4.16. The Morgan fingerprint density at radius 1 is 1.12 bits per heavy atom. The topological polar surface area (TPSA) is 182 Å². The summed E-state index contributed by atoms with van der Waals surface area (Å²) in [5.74, 6) is -3.47. The van der Waals surface area contributed by atoms with Gasteiger partial charge in [-0.15, -0.1) is 0 Å². The molecule has 330 valence electrons. The van der Waals surface area contributed by atoms with Crippen LogP contribution in [0.15, 0.2) is 30.4 Å². The van der Waals surface area contributed by atoms with Gasteiger partial charge in [0.2, 0.25) is 27.4 Å². The summed E-state index contributed by atoms with van der Waals surface area (Å²) >= 11 is 13.4. The van der Waals surface area contributed by atoms with Crippen molar-refractivity contribution in [2.45, 2.75) is 127 Å². The molecule has 0 unspecified atom stereocenters. The number of nitrogens with one attached hydrogen (secondary N) is 3. The van der Waals surface area contributed by atoms with E-state index in [1.807, 2.05) is 19.9 Å². The Bertz CT molecular complexity index is 2190. The average Bonchev–Trinajstić information content (AvgIpc) is 4.03. The van der Waals surface area contributed by atoms with Crippen LogP contribution < -0.4 is 24.8 Å². The van der Waals surface area contributed by atoms with Gasteiger partial charge in [-0.2, -0.15) is 13.2 Å². The van der Waals surface area contributed by atoms with E-state index in [9.17, 15) is 40.8 Å². The van der Waals surface area contributed by atoms with Crippen LogP contribution in [-0.2, 0) is 29.1 Å². The molecule has 2 aliphatic carbocycles. The van der Waals surface area contributed by atoms with Crippen LogP contribution in [0.3, 0.4) is 0 Å². The van der Waals surface area contributed by atoms with E-state index in [1.54, 1.807) is 31.2 Å². The highest BCUT2D eigenvalue weighted by molar-refractivity contribution is 7.91. The zero-order valence-electron chi connectivity index (χ0n) is 34.1. The van der Waals surface area contributed by atoms with E-state index >= 15 is 0 Å². The lowest BCUT2D eigenvalue weighted by Crippen LogP contribution is -2.59. The number of carbonyl (C=O) groups is 4. The summed E-state index contributed by atoms with van der Waals surface area (Å²) in [5, 5.41) is 5.51. The molecule has 4 amide bonds. The number of alkyl halides is 3. The maximum atomic E-state index is 14.8. The first-order valence-corrected chi connectivity index (χ1v) is 22.2. The van der Waals surface area contributed by atoms with Crippen molar-refractivity contribution >= 4 is 67.9 Å². The van der Waals surface area contributed by atoms with E-state index < -0.39 is 85.9 Å². The minimum absolute atomic E-state index is 0.0584. The normalized spacial score (nSPS) is 28.9. The second-order valence-electron chi connectivity index (χ2n) is 17.1. The predicted molar refractivity (Wildman–Crippen MR) is 216 cm³/mol. The fraction of sp³-hybridized carbons (Fsp3) is 0.625. The number of aromatic nitrogens is 1. The van der Waals surface area contributed by atoms with Crippen LogP contribution in [0.5, 0.6) is 11.5 Å². The number of amides is 4. The number of nitrogens with zero attached hydrogens (tertiary/aromatic N) is 2. The average molecular weight is 905 g/mol. The fourth-order valence-electron chi connectivity index (χ4n) is 7.72. The molecular formula is C40H50Cl2F3N5O9S. The highest BCUT2D eigenvalue weighted by Crippen LogP contribution is 2.48. The van der Waals surface area contributed by atoms with Crippen LogP contribution in [0.1, 0.15) is 86.5 Å². The van der Waals surface area contributed by atoms with Crippen molar-refractivity contribution in [3.05, 3.63) is 40.5 Å². The van der Waals surface area contributed by atoms with E-state index in [0.29, 0.717) is 69.2 Å². The monoisotopic (exact) mass is 903 g/mol. The van der Waals surface area contributed by atoms with Gasteiger partial charge in [0, 0.05) is 17.7 Å². The lowest BCUT2D eigenvalue weighted by molar-refractivity contribution is -0.244. The van der Waals surface area contributed by atoms with E-state index in [4.69, 9.17) is 37.4 Å². The minimum atomic E-state index is -4.93. The molecule has 0 radical (unpaired) electrons. The third-order valence-corrected chi connectivity index (χ3v) is 14.7. The molecule has 6 rings (SSSR count). The summed E-state index contributed by atoms with van der Waals surface area (Å²) in [7, 11) is -4.11. The van der Waals surface area contributed by atoms with Gasteiger partial charge in [-0.25, -0.2) is 18.2 Å². The number of fused-ring (bicyclic) bond motifs is 3. The lowest BCUT2D eigenvalue weighted by atomic mass is 9.88. The van der Waals surface area contributed by atoms with Gasteiger partial charge < -0.3 is 29.7 Å². The Balaban J connectivity index is 1.37. The summed E-state index contributed by atoms with van der Waals surface area (Å²) in [6, 6.07) is 2.13. The molecule has 60 heavy (non-hydrogen) atoms. The predicted octanol–water partition coefficient (Wildman–Crippen LogP) is 6.61. The first-order chi connectivity index (χ1) is 27.9. The maximum absolute atomic E-state index is 14.8. The summed E-state index contributed by atoms with van der Waals surface area (Å²) in [6.07, 6.45) is -1.80. The van der Waals surface area contributed by atoms with Crippen molar-refractivity contribution in [3.63, 3.8) is 0 Å². The number of benzene rings is 1. The van der Waals surface area contributed by atoms with Gasteiger partial charge in [0.05, 0.1) is 28.4 Å². The largest absolute Gasteiger partial charge is 0.494 e. The van der Waals surface area contributed by atoms with E-state index in [0.717, 1.165) is 4.90 Å². The number of carbonyl (C=O) groups excluding carboxylic acids is 4. The number of halogens is 5. The molecule has 7 atom stereocenters. The number of pyridine rings is 1. The third-order valence-electron chi connectivity index (χ3n) is 12.0. The third kappa shape index (κ3) is 9.25. The number of rotatable bonds is 9. The van der Waals surface area contributed by atoms with Crippen molar-refractivity contribution in [2.24, 2.45) is 17.8 Å². The number of alkyl carbamates (subject to hydrolysis) is 1. The van der Waals surface area contributed by atoms with Gasteiger partial charge >= 0.3 is 12.3 Å². The molecule has 4 aliphatic rings. The second-order valence-corrected chi connectivity index (χ2v) is 20.1. The molecule has 3 heterocycles. The Morgan fingerprint density at radius 3 is 2.47 bits per heavy atom. The number of hydrogen-bond acceptors (Lipinski definition) is 10. The van der Waals surface area contributed by atoms with Crippen molar-refractivity contribution in [1.29, 1.82) is 0 Å². The van der Waals surface area contributed by atoms with Gasteiger partial charge in [0.15, 0.2) is 10.9 Å². The minimum Gasteiger partial charge on any atom is -0.494 e. The van der Waals surface area contributed by atoms with Crippen LogP contribution in [0, 0.1) is 17.8 Å². The maximum Gasteiger partial charge on any atom is 0.427 e. The fourth-order valence-corrected chi connectivity index (χ4v) is 9.60. The molecule has 3 fully saturated rings. The van der Waals surface area contributed by atoms with Gasteiger partial charge in [-0.05, 0) is 96.3 Å². The van der Waals surface area contributed by atoms with Crippen molar-refractivity contribution in [2.75, 3.05) is 13.2 Å². The van der Waals surface area contributed by atoms with Gasteiger partial charge in [0.1, 0.15) is 29.5 Å². The van der Waals surface area contributed by atoms with Crippen molar-refractivity contribution < 1.29 is 55.0 Å². The SMILES string of the molecule is CCOc1ccc2nc(Cl)c(O[C@@H]3C[C@H]4C(=O)N[C@]5(C(=O)NS(=O)(=O)C6(C)CC6)C[C@H]5/C=C\CC[C@@H](C)C[C@@H](C)[C@H](NC(=O)OC(C)(C)C(F)(F)F)C(=O)N4C3)c(Cl)c2c1. The summed E-state index contributed by atoms with van der Waals surface area (Å²) in [6.45, 7) is 8.34. The first-order valence-electron chi connectivity index (χ1n) is 19.9. The summed E-state index contributed by atoms with van der Waals surface area (Å²) < 4.78 is 85.5. The molecule has 1 saturated heterocycles. The van der Waals surface area contributed by atoms with Crippen molar-refractivity contribution in [1.82, 2.24) is 25.2 Å². The van der Waals surface area contributed by atoms with Crippen LogP contribution in [0.2, 0.25) is 10.2 Å². The van der Waals surface area contributed by atoms with E-state index in [-0.39, 0.29) is 41.2 Å². The molecule has 14 nitrogen and oxygen atoms in total. The Morgan fingerprint density at radius 2 is 1.82 bits per heavy atom. The smallest absolute Gasteiger partial charge is 0.427 e. The number of ether oxygens (including phenoxy) is 3. The molecule has 20 heteroatoms. The zero-order valence-corrected chi connectivity index (χ0v) is 36.4. The van der Waals surface area contributed by atoms with Crippen LogP contribution >= 0.6 is 23.2 Å². The lowest BCUT2D eigenvalue weighted by Gasteiger charge is -2.34. The molecule has 2 aliphatic heterocycles. The second kappa shape index (κ2) is 16.7. The van der Waals surface area contributed by atoms with Gasteiger partial charge in [-0.3, -0.25) is 19.1 Å². The first kappa shape index (κ1) is 45.5. The standard InChI is InChI=1S/C40H50Cl2F3N5O9S/c1-7-57-24-12-13-27-26(17-24)29(41)31(32(42)46-27)58-25-18-28-33(51)48-39(35(53)49-60(55,56)38(6)14-15-38)19-23(39)11-9-8-10-21(2)16-22(3)30(34(52)50(28)20-25)47-36(54)59-37(4,5)40(43,44)45/h9,11-13,17,21-23,25,28,30H,7-8,10,14-16,18-20H2,1-6H3,(H,47,54)(H,48,51)(H,49,53)/b11-9-/t21-,22-,23-,25-,28+,30+,39-/m1/s1. The highest BCUT2D eigenvalue weighted by Gasteiger charge is 2.63. The highest BCUT2D eigenvalue weighted by atomic mass is 35.5. The molecule has 0 bridgehead atoms. The molecule has 2 aromatic rings. The van der Waals surface area contributed by atoms with Gasteiger partial charge in [-0.1, -0.05) is 49.2 Å². The van der Waals surface area contributed by atoms with Crippen LogP contribution in [0.4, 0.5) is 18.0 Å². The molecule has 1 aromatic carbocycles. The number of hydrogen-bond donors (Lipinski definition) is 3. The molecule has 2 saturated carbocycles. The molecular weight excluding hydrogens is 854 g/mol. The Labute approximate surface area is 356 Å².